The molecule has 1 atom stereocenters. The Morgan fingerprint density at radius 1 is 1.18 bits per heavy atom. The van der Waals surface area contributed by atoms with E-state index < -0.39 is 0 Å². The van der Waals surface area contributed by atoms with Gasteiger partial charge in [0.1, 0.15) is 5.82 Å². The van der Waals surface area contributed by atoms with Crippen LogP contribution in [0.25, 0.3) is 0 Å². The van der Waals surface area contributed by atoms with Crippen LogP contribution in [0.4, 0.5) is 4.39 Å². The fourth-order valence-electron chi connectivity index (χ4n) is 1.87. The minimum Gasteiger partial charge on any atom is -0.320 e. The Hall–Kier alpha value is -0.940. The largest absolute Gasteiger partial charge is 0.320 e. The molecule has 0 saturated heterocycles. The first kappa shape index (κ1) is 12.5. The molecular formula is C14H13FIN. The van der Waals surface area contributed by atoms with Gasteiger partial charge in [-0.25, -0.2) is 4.39 Å². The molecule has 2 aromatic rings. The molecule has 1 unspecified atom stereocenters. The third-order valence-electron chi connectivity index (χ3n) is 2.77. The normalized spacial score (nSPS) is 12.5. The Morgan fingerprint density at radius 3 is 2.59 bits per heavy atom. The molecule has 0 aromatic heterocycles. The van der Waals surface area contributed by atoms with Crippen molar-refractivity contribution < 1.29 is 4.39 Å². The number of hydrogen-bond donors (Lipinski definition) is 1. The summed E-state index contributed by atoms with van der Waals surface area (Å²) in [5, 5.41) is 0. The highest BCUT2D eigenvalue weighted by molar-refractivity contribution is 14.1. The molecule has 3 heteroatoms. The molecule has 0 spiro atoms. The number of hydrogen-bond acceptors (Lipinski definition) is 1. The Bertz CT molecular complexity index is 539. The predicted molar refractivity (Wildman–Crippen MR) is 76.3 cm³/mol. The molecular weight excluding hydrogens is 328 g/mol. The highest BCUT2D eigenvalue weighted by Gasteiger charge is 2.11. The SMILES string of the molecule is Cc1cc(F)ccc1C(N)c1cccc(I)c1. The lowest BCUT2D eigenvalue weighted by Gasteiger charge is -2.15. The zero-order valence-electron chi connectivity index (χ0n) is 9.45. The van der Waals surface area contributed by atoms with Gasteiger partial charge in [-0.15, -0.1) is 0 Å². The fraction of sp³-hybridized carbons (Fsp3) is 0.143. The van der Waals surface area contributed by atoms with Gasteiger partial charge < -0.3 is 5.73 Å². The number of benzene rings is 2. The van der Waals surface area contributed by atoms with E-state index in [-0.39, 0.29) is 11.9 Å². The standard InChI is InChI=1S/C14H13FIN/c1-9-7-11(15)5-6-13(9)14(17)10-3-2-4-12(16)8-10/h2-8,14H,17H2,1H3. The van der Waals surface area contributed by atoms with Crippen molar-refractivity contribution in [2.24, 2.45) is 5.73 Å². The lowest BCUT2D eigenvalue weighted by atomic mass is 9.96. The van der Waals surface area contributed by atoms with Crippen molar-refractivity contribution in [1.82, 2.24) is 0 Å². The Morgan fingerprint density at radius 2 is 1.94 bits per heavy atom. The first-order valence-electron chi connectivity index (χ1n) is 5.35. The molecule has 0 saturated carbocycles. The van der Waals surface area contributed by atoms with Crippen molar-refractivity contribution in [3.05, 3.63) is 68.5 Å². The second-order valence-electron chi connectivity index (χ2n) is 4.03. The summed E-state index contributed by atoms with van der Waals surface area (Å²) in [5.74, 6) is -0.221. The van der Waals surface area contributed by atoms with Crippen LogP contribution in [0.15, 0.2) is 42.5 Å². The first-order valence-corrected chi connectivity index (χ1v) is 6.43. The lowest BCUT2D eigenvalue weighted by molar-refractivity contribution is 0.624. The van der Waals surface area contributed by atoms with Crippen LogP contribution in [0.3, 0.4) is 0 Å². The smallest absolute Gasteiger partial charge is 0.123 e. The summed E-state index contributed by atoms with van der Waals surface area (Å²) in [6.45, 7) is 1.88. The van der Waals surface area contributed by atoms with Gasteiger partial charge in [0.25, 0.3) is 0 Å². The van der Waals surface area contributed by atoms with Gasteiger partial charge in [0.2, 0.25) is 0 Å². The van der Waals surface area contributed by atoms with Crippen LogP contribution >= 0.6 is 22.6 Å². The van der Waals surface area contributed by atoms with Gasteiger partial charge in [-0.2, -0.15) is 0 Å². The molecule has 17 heavy (non-hydrogen) atoms. The van der Waals surface area contributed by atoms with E-state index in [0.717, 1.165) is 20.3 Å². The number of halogens is 2. The van der Waals surface area contributed by atoms with E-state index in [0.29, 0.717) is 0 Å². The second kappa shape index (κ2) is 5.14. The molecule has 0 amide bonds. The monoisotopic (exact) mass is 341 g/mol. The predicted octanol–water partition coefficient (Wildman–Crippen LogP) is 3.79. The highest BCUT2D eigenvalue weighted by atomic mass is 127. The summed E-state index contributed by atoms with van der Waals surface area (Å²) in [6, 6.07) is 12.6. The Labute approximate surface area is 114 Å². The van der Waals surface area contributed by atoms with E-state index in [9.17, 15) is 4.39 Å². The van der Waals surface area contributed by atoms with E-state index in [1.165, 1.54) is 12.1 Å². The van der Waals surface area contributed by atoms with Crippen molar-refractivity contribution in [1.29, 1.82) is 0 Å². The van der Waals surface area contributed by atoms with Crippen molar-refractivity contribution >= 4 is 22.6 Å². The maximum absolute atomic E-state index is 13.0. The van der Waals surface area contributed by atoms with E-state index in [4.69, 9.17) is 5.73 Å². The van der Waals surface area contributed by atoms with E-state index in [1.807, 2.05) is 31.2 Å². The average molecular weight is 341 g/mol. The van der Waals surface area contributed by atoms with Crippen LogP contribution in [-0.4, -0.2) is 0 Å². The minimum atomic E-state index is -0.221. The maximum Gasteiger partial charge on any atom is 0.123 e. The topological polar surface area (TPSA) is 26.0 Å². The third kappa shape index (κ3) is 2.84. The molecule has 0 bridgehead atoms. The van der Waals surface area contributed by atoms with E-state index in [1.54, 1.807) is 6.07 Å². The van der Waals surface area contributed by atoms with Crippen LogP contribution in [0, 0.1) is 16.3 Å². The van der Waals surface area contributed by atoms with E-state index in [2.05, 4.69) is 22.6 Å². The summed E-state index contributed by atoms with van der Waals surface area (Å²) < 4.78 is 14.2. The molecule has 1 nitrogen and oxygen atoms in total. The zero-order chi connectivity index (χ0) is 12.4. The molecule has 2 N–H and O–H groups in total. The zero-order valence-corrected chi connectivity index (χ0v) is 11.6. The van der Waals surface area contributed by atoms with Crippen molar-refractivity contribution in [3.8, 4) is 0 Å². The van der Waals surface area contributed by atoms with Gasteiger partial charge in [-0.1, -0.05) is 18.2 Å². The van der Waals surface area contributed by atoms with Crippen molar-refractivity contribution in [2.75, 3.05) is 0 Å². The Balaban J connectivity index is 2.40. The summed E-state index contributed by atoms with van der Waals surface area (Å²) in [4.78, 5) is 0. The molecule has 88 valence electrons. The van der Waals surface area contributed by atoms with Gasteiger partial charge in [0.15, 0.2) is 0 Å². The summed E-state index contributed by atoms with van der Waals surface area (Å²) in [7, 11) is 0. The van der Waals surface area contributed by atoms with Gasteiger partial charge in [0.05, 0.1) is 6.04 Å². The second-order valence-corrected chi connectivity index (χ2v) is 5.28. The van der Waals surface area contributed by atoms with Gasteiger partial charge in [-0.3, -0.25) is 0 Å². The Kier molecular flexibility index (Phi) is 3.79. The van der Waals surface area contributed by atoms with Gasteiger partial charge in [0, 0.05) is 3.57 Å². The molecule has 0 aliphatic heterocycles. The summed E-state index contributed by atoms with van der Waals surface area (Å²) in [6.07, 6.45) is 0. The van der Waals surface area contributed by atoms with Crippen molar-refractivity contribution in [3.63, 3.8) is 0 Å². The van der Waals surface area contributed by atoms with Crippen LogP contribution in [0.1, 0.15) is 22.7 Å². The third-order valence-corrected chi connectivity index (χ3v) is 3.45. The molecule has 0 fully saturated rings. The molecule has 0 radical (unpaired) electrons. The summed E-state index contributed by atoms with van der Waals surface area (Å²) >= 11 is 2.26. The maximum atomic E-state index is 13.0. The lowest BCUT2D eigenvalue weighted by Crippen LogP contribution is -2.13. The quantitative estimate of drug-likeness (QED) is 0.827. The molecule has 0 heterocycles. The summed E-state index contributed by atoms with van der Waals surface area (Å²) in [5.41, 5.74) is 9.11. The number of nitrogens with two attached hydrogens (primary N) is 1. The number of aryl methyl sites for hydroxylation is 1. The molecule has 2 rings (SSSR count). The fourth-order valence-corrected chi connectivity index (χ4v) is 2.43. The molecule has 0 aliphatic carbocycles. The minimum absolute atomic E-state index is 0.203. The van der Waals surface area contributed by atoms with Gasteiger partial charge >= 0.3 is 0 Å². The average Bonchev–Trinajstić information content (AvgIpc) is 2.28. The molecule has 0 aliphatic rings. The van der Waals surface area contributed by atoms with Crippen LogP contribution in [0.2, 0.25) is 0 Å². The van der Waals surface area contributed by atoms with Gasteiger partial charge in [-0.05, 0) is 70.5 Å². The first-order chi connectivity index (χ1) is 8.08. The molecule has 2 aromatic carbocycles. The van der Waals surface area contributed by atoms with E-state index >= 15 is 0 Å². The highest BCUT2D eigenvalue weighted by Crippen LogP contribution is 2.24. The van der Waals surface area contributed by atoms with Crippen LogP contribution in [-0.2, 0) is 0 Å². The van der Waals surface area contributed by atoms with Crippen LogP contribution in [0.5, 0.6) is 0 Å². The van der Waals surface area contributed by atoms with Crippen LogP contribution < -0.4 is 5.73 Å². The number of rotatable bonds is 2. The van der Waals surface area contributed by atoms with Crippen molar-refractivity contribution in [2.45, 2.75) is 13.0 Å².